The minimum atomic E-state index is 0.669. The fourth-order valence-electron chi connectivity index (χ4n) is 4.34. The van der Waals surface area contributed by atoms with Crippen molar-refractivity contribution in [2.24, 2.45) is 0 Å². The van der Waals surface area contributed by atoms with Crippen molar-refractivity contribution < 1.29 is 9.59 Å². The second-order valence-electron chi connectivity index (χ2n) is 7.36. The Morgan fingerprint density at radius 3 is 1.45 bits per heavy atom. The van der Waals surface area contributed by atoms with Crippen molar-refractivity contribution in [2.75, 3.05) is 0 Å². The zero-order valence-electron chi connectivity index (χ0n) is 15.7. The molecule has 3 aromatic carbocycles. The molecule has 29 heavy (non-hydrogen) atoms. The van der Waals surface area contributed by atoms with Crippen LogP contribution in [0, 0.1) is 0 Å². The second kappa shape index (κ2) is 7.33. The van der Waals surface area contributed by atoms with Gasteiger partial charge >= 0.3 is 0 Å². The van der Waals surface area contributed by atoms with Crippen LogP contribution in [0.5, 0.6) is 0 Å². The van der Waals surface area contributed by atoms with Crippen LogP contribution in [0.25, 0.3) is 33.3 Å². The third-order valence-corrected chi connectivity index (χ3v) is 6.23. The summed E-state index contributed by atoms with van der Waals surface area (Å²) in [5.41, 5.74) is 10.3. The van der Waals surface area contributed by atoms with Gasteiger partial charge in [-0.05, 0) is 47.9 Å². The number of hydrogen-bond acceptors (Lipinski definition) is 5. The molecule has 1 heterocycles. The van der Waals surface area contributed by atoms with Crippen LogP contribution in [0.15, 0.2) is 48.5 Å². The first-order chi connectivity index (χ1) is 14.3. The van der Waals surface area contributed by atoms with E-state index < -0.39 is 0 Å². The zero-order chi connectivity index (χ0) is 19.8. The lowest BCUT2D eigenvalue weighted by molar-refractivity contribution is 0.111. The third-order valence-electron chi connectivity index (χ3n) is 5.70. The predicted octanol–water partition coefficient (Wildman–Crippen LogP) is 5.53. The van der Waals surface area contributed by atoms with Crippen LogP contribution in [0.4, 0.5) is 0 Å². The average molecular weight is 398 g/mol. The molecule has 0 aliphatic heterocycles. The molecule has 1 aliphatic carbocycles. The molecular formula is C24H18N2O2S. The number of benzene rings is 3. The molecule has 1 aromatic heterocycles. The van der Waals surface area contributed by atoms with Crippen molar-refractivity contribution in [3.63, 3.8) is 0 Å². The van der Waals surface area contributed by atoms with Crippen molar-refractivity contribution >= 4 is 35.3 Å². The van der Waals surface area contributed by atoms with E-state index in [1.165, 1.54) is 22.9 Å². The number of fused-ring (bicyclic) bond motifs is 2. The van der Waals surface area contributed by atoms with Crippen LogP contribution in [0.1, 0.15) is 44.7 Å². The highest BCUT2D eigenvalue weighted by Crippen LogP contribution is 2.44. The van der Waals surface area contributed by atoms with Crippen LogP contribution >= 0.6 is 11.7 Å². The fourth-order valence-corrected chi connectivity index (χ4v) is 4.90. The first-order valence-electron chi connectivity index (χ1n) is 9.71. The zero-order valence-corrected chi connectivity index (χ0v) is 16.5. The van der Waals surface area contributed by atoms with Gasteiger partial charge in [-0.2, -0.15) is 8.75 Å². The van der Waals surface area contributed by atoms with E-state index in [0.717, 1.165) is 71.5 Å². The normalized spacial score (nSPS) is 13.2. The summed E-state index contributed by atoms with van der Waals surface area (Å²) in [6.45, 7) is 0. The Morgan fingerprint density at radius 2 is 1.07 bits per heavy atom. The highest BCUT2D eigenvalue weighted by atomic mass is 32.1. The maximum atomic E-state index is 11.1. The number of carbonyl (C=O) groups excluding carboxylic acids is 2. The van der Waals surface area contributed by atoms with Gasteiger partial charge in [0.15, 0.2) is 0 Å². The molecule has 142 valence electrons. The Bertz CT molecular complexity index is 1130. The van der Waals surface area contributed by atoms with Gasteiger partial charge in [0.2, 0.25) is 0 Å². The summed E-state index contributed by atoms with van der Waals surface area (Å²) in [7, 11) is 0. The van der Waals surface area contributed by atoms with Gasteiger partial charge < -0.3 is 0 Å². The van der Waals surface area contributed by atoms with Crippen molar-refractivity contribution in [3.8, 4) is 22.3 Å². The molecule has 0 radical (unpaired) electrons. The highest BCUT2D eigenvalue weighted by molar-refractivity contribution is 7.00. The lowest BCUT2D eigenvalue weighted by Gasteiger charge is -2.24. The van der Waals surface area contributed by atoms with E-state index in [1.54, 1.807) is 0 Å². The molecule has 5 heteroatoms. The minimum Gasteiger partial charge on any atom is -0.298 e. The Balaban J connectivity index is 1.81. The molecule has 0 amide bonds. The summed E-state index contributed by atoms with van der Waals surface area (Å²) >= 11 is 1.23. The number of hydrogen-bond donors (Lipinski definition) is 0. The van der Waals surface area contributed by atoms with E-state index in [-0.39, 0.29) is 0 Å². The number of carbonyl (C=O) groups is 2. The van der Waals surface area contributed by atoms with E-state index >= 15 is 0 Å². The van der Waals surface area contributed by atoms with E-state index in [2.05, 4.69) is 8.75 Å². The largest absolute Gasteiger partial charge is 0.298 e. The number of aldehydes is 2. The van der Waals surface area contributed by atoms with Crippen LogP contribution in [-0.2, 0) is 12.8 Å². The second-order valence-corrected chi connectivity index (χ2v) is 7.88. The Hall–Kier alpha value is -3.18. The SMILES string of the molecule is O=Cc1ccc(-c2c3c(c(-c4ccc(C=O)cc4)c4nsnc24)CCCC3)cc1. The molecule has 0 atom stereocenters. The molecule has 0 fully saturated rings. The first kappa shape index (κ1) is 17.9. The van der Waals surface area contributed by atoms with Crippen molar-refractivity contribution in [1.29, 1.82) is 0 Å². The maximum Gasteiger partial charge on any atom is 0.150 e. The maximum absolute atomic E-state index is 11.1. The Morgan fingerprint density at radius 1 is 0.655 bits per heavy atom. The monoisotopic (exact) mass is 398 g/mol. The van der Waals surface area contributed by atoms with Gasteiger partial charge in [0.25, 0.3) is 0 Å². The van der Waals surface area contributed by atoms with E-state index in [0.29, 0.717) is 11.1 Å². The van der Waals surface area contributed by atoms with Crippen LogP contribution in [-0.4, -0.2) is 21.3 Å². The summed E-state index contributed by atoms with van der Waals surface area (Å²) in [6, 6.07) is 15.4. The molecule has 4 aromatic rings. The molecule has 0 N–H and O–H groups in total. The first-order valence-corrected chi connectivity index (χ1v) is 10.4. The lowest BCUT2D eigenvalue weighted by Crippen LogP contribution is -2.08. The molecule has 5 rings (SSSR count). The van der Waals surface area contributed by atoms with Gasteiger partial charge in [-0.1, -0.05) is 48.5 Å². The number of rotatable bonds is 4. The van der Waals surface area contributed by atoms with Crippen molar-refractivity contribution in [1.82, 2.24) is 8.75 Å². The summed E-state index contributed by atoms with van der Waals surface area (Å²) in [5.74, 6) is 0. The molecule has 4 nitrogen and oxygen atoms in total. The quantitative estimate of drug-likeness (QED) is 0.424. The van der Waals surface area contributed by atoms with Crippen molar-refractivity contribution in [2.45, 2.75) is 25.7 Å². The van der Waals surface area contributed by atoms with Gasteiger partial charge in [-0.15, -0.1) is 0 Å². The van der Waals surface area contributed by atoms with Gasteiger partial charge in [-0.3, -0.25) is 9.59 Å². The molecule has 1 aliphatic rings. The average Bonchev–Trinajstić information content (AvgIpc) is 3.26. The van der Waals surface area contributed by atoms with Gasteiger partial charge in [-0.25, -0.2) is 0 Å². The summed E-state index contributed by atoms with van der Waals surface area (Å²) in [5, 5.41) is 0. The third kappa shape index (κ3) is 2.98. The molecule has 0 bridgehead atoms. The molecular weight excluding hydrogens is 380 g/mol. The topological polar surface area (TPSA) is 59.9 Å². The van der Waals surface area contributed by atoms with Crippen LogP contribution < -0.4 is 0 Å². The van der Waals surface area contributed by atoms with Gasteiger partial charge in [0, 0.05) is 22.3 Å². The van der Waals surface area contributed by atoms with E-state index in [4.69, 9.17) is 0 Å². The molecule has 0 unspecified atom stereocenters. The smallest absolute Gasteiger partial charge is 0.150 e. The predicted molar refractivity (Wildman–Crippen MR) is 116 cm³/mol. The number of aromatic nitrogens is 2. The molecule has 0 spiro atoms. The summed E-state index contributed by atoms with van der Waals surface area (Å²) < 4.78 is 9.34. The number of nitrogens with zero attached hydrogens (tertiary/aromatic N) is 2. The minimum absolute atomic E-state index is 0.669. The van der Waals surface area contributed by atoms with Crippen LogP contribution in [0.2, 0.25) is 0 Å². The summed E-state index contributed by atoms with van der Waals surface area (Å²) in [6.07, 6.45) is 6.05. The van der Waals surface area contributed by atoms with E-state index in [1.807, 2.05) is 48.5 Å². The summed E-state index contributed by atoms with van der Waals surface area (Å²) in [4.78, 5) is 22.1. The standard InChI is InChI=1S/C24H18N2O2S/c27-13-15-5-9-17(10-6-15)21-19-3-1-2-4-20(19)22(24-23(21)25-29-26-24)18-11-7-16(14-28)8-12-18/h5-14H,1-4H2. The fraction of sp³-hybridized carbons (Fsp3) is 0.167. The van der Waals surface area contributed by atoms with E-state index in [9.17, 15) is 9.59 Å². The van der Waals surface area contributed by atoms with Gasteiger partial charge in [0.05, 0.1) is 11.7 Å². The Kier molecular flexibility index (Phi) is 4.52. The van der Waals surface area contributed by atoms with Gasteiger partial charge in [0.1, 0.15) is 23.6 Å². The van der Waals surface area contributed by atoms with Crippen molar-refractivity contribution in [3.05, 3.63) is 70.8 Å². The highest BCUT2D eigenvalue weighted by Gasteiger charge is 2.25. The molecule has 0 saturated carbocycles. The molecule has 0 saturated heterocycles. The lowest BCUT2D eigenvalue weighted by atomic mass is 9.80. The van der Waals surface area contributed by atoms with Crippen LogP contribution in [0.3, 0.4) is 0 Å². The Labute approximate surface area is 172 Å².